The number of pyridine rings is 1. The molecule has 0 radical (unpaired) electrons. The van der Waals surface area contributed by atoms with Crippen LogP contribution < -0.4 is 10.6 Å². The Morgan fingerprint density at radius 2 is 2.06 bits per heavy atom. The van der Waals surface area contributed by atoms with Crippen LogP contribution in [0.4, 0.5) is 11.5 Å². The maximum absolute atomic E-state index is 9.17. The Labute approximate surface area is 103 Å². The van der Waals surface area contributed by atoms with E-state index in [1.165, 1.54) is 0 Å². The molecule has 0 saturated heterocycles. The molecule has 0 atom stereocenters. The molecule has 96 valence electrons. The first kappa shape index (κ1) is 13.8. The zero-order valence-corrected chi connectivity index (χ0v) is 11.0. The summed E-state index contributed by atoms with van der Waals surface area (Å²) in [6.45, 7) is 6.95. The lowest BCUT2D eigenvalue weighted by Gasteiger charge is -2.31. The molecule has 4 nitrogen and oxygen atoms in total. The van der Waals surface area contributed by atoms with Crippen LogP contribution in [0.3, 0.4) is 0 Å². The Morgan fingerprint density at radius 3 is 2.53 bits per heavy atom. The second-order valence-corrected chi connectivity index (χ2v) is 4.31. The average molecular weight is 237 g/mol. The van der Waals surface area contributed by atoms with Crippen molar-refractivity contribution in [2.24, 2.45) is 0 Å². The van der Waals surface area contributed by atoms with Crippen LogP contribution in [0.2, 0.25) is 0 Å². The fourth-order valence-corrected chi connectivity index (χ4v) is 2.12. The first-order valence-corrected chi connectivity index (χ1v) is 6.23. The summed E-state index contributed by atoms with van der Waals surface area (Å²) in [5.74, 6) is 0.790. The van der Waals surface area contributed by atoms with Crippen molar-refractivity contribution in [3.8, 4) is 0 Å². The van der Waals surface area contributed by atoms with E-state index in [-0.39, 0.29) is 6.61 Å². The second kappa shape index (κ2) is 6.45. The summed E-state index contributed by atoms with van der Waals surface area (Å²) in [4.78, 5) is 6.51. The molecule has 17 heavy (non-hydrogen) atoms. The number of anilines is 2. The van der Waals surface area contributed by atoms with Crippen molar-refractivity contribution in [3.63, 3.8) is 0 Å². The Hall–Kier alpha value is -1.29. The molecule has 0 unspecified atom stereocenters. The fourth-order valence-electron chi connectivity index (χ4n) is 2.12. The van der Waals surface area contributed by atoms with Crippen LogP contribution in [0.5, 0.6) is 0 Å². The first-order chi connectivity index (χ1) is 8.13. The van der Waals surface area contributed by atoms with Crippen molar-refractivity contribution in [2.45, 2.75) is 39.7 Å². The van der Waals surface area contributed by atoms with E-state index < -0.39 is 0 Å². The summed E-state index contributed by atoms with van der Waals surface area (Å²) in [6, 6.07) is 2.30. The zero-order chi connectivity index (χ0) is 12.8. The van der Waals surface area contributed by atoms with Crippen LogP contribution >= 0.6 is 0 Å². The lowest BCUT2D eigenvalue weighted by atomic mass is 10.1. The van der Waals surface area contributed by atoms with Gasteiger partial charge in [-0.15, -0.1) is 0 Å². The molecule has 1 aromatic rings. The molecule has 0 saturated carbocycles. The van der Waals surface area contributed by atoms with Crippen LogP contribution in [0.1, 0.15) is 32.3 Å². The topological polar surface area (TPSA) is 62.4 Å². The van der Waals surface area contributed by atoms with Gasteiger partial charge in [0.1, 0.15) is 0 Å². The number of aryl methyl sites for hydroxylation is 1. The number of nitrogen functional groups attached to an aromatic ring is 1. The molecule has 0 aliphatic heterocycles. The van der Waals surface area contributed by atoms with Crippen molar-refractivity contribution in [2.75, 3.05) is 23.8 Å². The number of nitrogens with two attached hydrogens (primary N) is 1. The third-order valence-corrected chi connectivity index (χ3v) is 3.03. The molecular formula is C13H23N3O. The van der Waals surface area contributed by atoms with E-state index in [0.717, 1.165) is 24.2 Å². The highest BCUT2D eigenvalue weighted by Gasteiger charge is 2.18. The van der Waals surface area contributed by atoms with Gasteiger partial charge in [0, 0.05) is 18.8 Å². The minimum Gasteiger partial charge on any atom is -0.396 e. The van der Waals surface area contributed by atoms with Crippen molar-refractivity contribution < 1.29 is 5.11 Å². The minimum atomic E-state index is 0.117. The smallest absolute Gasteiger partial charge is 0.152 e. The van der Waals surface area contributed by atoms with E-state index >= 15 is 0 Å². The van der Waals surface area contributed by atoms with Gasteiger partial charge in [-0.3, -0.25) is 0 Å². The van der Waals surface area contributed by atoms with Gasteiger partial charge in [-0.25, -0.2) is 4.98 Å². The van der Waals surface area contributed by atoms with Crippen molar-refractivity contribution in [1.82, 2.24) is 4.98 Å². The summed E-state index contributed by atoms with van der Waals surface area (Å²) in [5.41, 5.74) is 7.75. The van der Waals surface area contributed by atoms with Crippen LogP contribution in [-0.4, -0.2) is 29.3 Å². The lowest BCUT2D eigenvalue weighted by Crippen LogP contribution is -2.37. The van der Waals surface area contributed by atoms with E-state index in [2.05, 4.69) is 23.7 Å². The van der Waals surface area contributed by atoms with Crippen LogP contribution in [0.15, 0.2) is 12.3 Å². The van der Waals surface area contributed by atoms with Gasteiger partial charge in [-0.05, 0) is 31.4 Å². The van der Waals surface area contributed by atoms with E-state index in [1.807, 2.05) is 19.2 Å². The monoisotopic (exact) mass is 237 g/mol. The van der Waals surface area contributed by atoms with E-state index in [1.54, 1.807) is 0 Å². The molecule has 0 fully saturated rings. The predicted octanol–water partition coefficient (Wildman–Crippen LogP) is 1.96. The van der Waals surface area contributed by atoms with Gasteiger partial charge >= 0.3 is 0 Å². The van der Waals surface area contributed by atoms with Crippen LogP contribution in [-0.2, 0) is 0 Å². The number of nitrogens with zero attached hydrogens (tertiary/aromatic N) is 2. The lowest BCUT2D eigenvalue weighted by molar-refractivity contribution is 0.295. The van der Waals surface area contributed by atoms with Crippen molar-refractivity contribution in [3.05, 3.63) is 17.8 Å². The van der Waals surface area contributed by atoms with E-state index in [9.17, 15) is 5.11 Å². The van der Waals surface area contributed by atoms with E-state index in [4.69, 9.17) is 5.73 Å². The molecule has 1 heterocycles. The number of rotatable bonds is 6. The Kier molecular flexibility index (Phi) is 5.22. The van der Waals surface area contributed by atoms with Gasteiger partial charge in [0.15, 0.2) is 5.82 Å². The summed E-state index contributed by atoms with van der Waals surface area (Å²) in [7, 11) is 0. The minimum absolute atomic E-state index is 0.117. The van der Waals surface area contributed by atoms with Crippen molar-refractivity contribution in [1.29, 1.82) is 0 Å². The summed E-state index contributed by atoms with van der Waals surface area (Å²) in [6.07, 6.45) is 3.86. The molecule has 0 spiro atoms. The largest absolute Gasteiger partial charge is 0.396 e. The predicted molar refractivity (Wildman–Crippen MR) is 72.2 cm³/mol. The van der Waals surface area contributed by atoms with Crippen molar-refractivity contribution >= 4 is 11.5 Å². The number of aromatic nitrogens is 1. The zero-order valence-electron chi connectivity index (χ0n) is 11.0. The second-order valence-electron chi connectivity index (χ2n) is 4.31. The van der Waals surface area contributed by atoms with Gasteiger partial charge < -0.3 is 15.7 Å². The maximum atomic E-state index is 9.17. The van der Waals surface area contributed by atoms with Gasteiger partial charge in [0.25, 0.3) is 0 Å². The highest BCUT2D eigenvalue weighted by Crippen LogP contribution is 2.24. The quantitative estimate of drug-likeness (QED) is 0.794. The van der Waals surface area contributed by atoms with Gasteiger partial charge in [-0.2, -0.15) is 0 Å². The number of hydrogen-bond acceptors (Lipinski definition) is 4. The molecule has 3 N–H and O–H groups in total. The molecule has 0 amide bonds. The third-order valence-electron chi connectivity index (χ3n) is 3.03. The number of aliphatic hydroxyl groups excluding tert-OH is 1. The normalized spacial score (nSPS) is 10.9. The highest BCUT2D eigenvalue weighted by atomic mass is 16.3. The summed E-state index contributed by atoms with van der Waals surface area (Å²) in [5, 5.41) is 9.17. The van der Waals surface area contributed by atoms with Gasteiger partial charge in [-0.1, -0.05) is 13.8 Å². The maximum Gasteiger partial charge on any atom is 0.152 e. The molecule has 0 bridgehead atoms. The molecular weight excluding hydrogens is 214 g/mol. The Balaban J connectivity index is 3.03. The van der Waals surface area contributed by atoms with Gasteiger partial charge in [0.05, 0.1) is 12.3 Å². The Bertz CT molecular complexity index is 351. The Morgan fingerprint density at radius 1 is 1.41 bits per heavy atom. The summed E-state index contributed by atoms with van der Waals surface area (Å²) < 4.78 is 0. The van der Waals surface area contributed by atoms with Crippen LogP contribution in [0.25, 0.3) is 0 Å². The molecule has 0 aromatic carbocycles. The van der Waals surface area contributed by atoms with Gasteiger partial charge in [0.2, 0.25) is 0 Å². The highest BCUT2D eigenvalue weighted by molar-refractivity contribution is 5.63. The first-order valence-electron chi connectivity index (χ1n) is 6.23. The molecule has 4 heteroatoms. The molecule has 1 rings (SSSR count). The SMILES string of the molecule is CCC(CC)N(CCO)c1ncc(C)cc1N. The molecule has 1 aromatic heterocycles. The standard InChI is InChI=1S/C13H23N3O/c1-4-11(5-2)16(6-7-17)13-12(14)8-10(3)9-15-13/h8-9,11,17H,4-7,14H2,1-3H3. The molecule has 0 aliphatic rings. The number of aliphatic hydroxyl groups is 1. The number of hydrogen-bond donors (Lipinski definition) is 2. The third kappa shape index (κ3) is 3.33. The molecule has 0 aliphatic carbocycles. The fraction of sp³-hybridized carbons (Fsp3) is 0.615. The van der Waals surface area contributed by atoms with E-state index in [0.29, 0.717) is 18.3 Å². The average Bonchev–Trinajstić information content (AvgIpc) is 2.30. The summed E-state index contributed by atoms with van der Waals surface area (Å²) >= 11 is 0. The van der Waals surface area contributed by atoms with Crippen LogP contribution in [0, 0.1) is 6.92 Å².